The number of rotatable bonds is 4. The van der Waals surface area contributed by atoms with Gasteiger partial charge in [-0.1, -0.05) is 36.4 Å². The third kappa shape index (κ3) is 2.88. The van der Waals surface area contributed by atoms with E-state index in [1.807, 2.05) is 77.7 Å². The number of carbonyl (C=O) groups excluding carboxylic acids is 1. The zero-order valence-electron chi connectivity index (χ0n) is 16.1. The second-order valence-corrected chi connectivity index (χ2v) is 7.94. The first-order valence-electron chi connectivity index (χ1n) is 9.46. The molecule has 0 radical (unpaired) electrons. The van der Waals surface area contributed by atoms with Gasteiger partial charge in [-0.15, -0.1) is 11.3 Å². The monoisotopic (exact) mass is 408 g/mol. The minimum Gasteiger partial charge on any atom is -0.330 e. The molecule has 3 aromatic heterocycles. The fraction of sp³-hybridized carbons (Fsp3) is 0.0833. The van der Waals surface area contributed by atoms with Crippen molar-refractivity contribution in [2.45, 2.75) is 5.92 Å². The molecule has 0 bridgehead atoms. The summed E-state index contributed by atoms with van der Waals surface area (Å²) in [4.78, 5) is 23.9. The molecule has 1 unspecified atom stereocenters. The Balaban J connectivity index is 1.69. The number of ketones is 1. The molecule has 0 aliphatic rings. The van der Waals surface area contributed by atoms with Crippen LogP contribution in [-0.4, -0.2) is 20.3 Å². The first-order valence-corrected chi connectivity index (χ1v) is 10.3. The van der Waals surface area contributed by atoms with Crippen LogP contribution in [0, 0.1) is 11.3 Å². The van der Waals surface area contributed by atoms with E-state index in [0.717, 1.165) is 32.5 Å². The Morgan fingerprint density at radius 1 is 1.03 bits per heavy atom. The van der Waals surface area contributed by atoms with Crippen molar-refractivity contribution in [3.8, 4) is 16.6 Å². The molecular weight excluding hydrogens is 392 g/mol. The summed E-state index contributed by atoms with van der Waals surface area (Å²) >= 11 is 1.57. The van der Waals surface area contributed by atoms with Gasteiger partial charge in [0, 0.05) is 18.0 Å². The van der Waals surface area contributed by atoms with Gasteiger partial charge in [0.05, 0.1) is 33.2 Å². The number of hydrogen-bond acceptors (Lipinski definition) is 5. The van der Waals surface area contributed by atoms with Gasteiger partial charge in [-0.05, 0) is 35.7 Å². The van der Waals surface area contributed by atoms with E-state index in [9.17, 15) is 10.1 Å². The predicted octanol–water partition coefficient (Wildman–Crippen LogP) is 5.34. The lowest BCUT2D eigenvalue weighted by Gasteiger charge is -2.12. The van der Waals surface area contributed by atoms with E-state index in [1.165, 1.54) is 0 Å². The van der Waals surface area contributed by atoms with Crippen molar-refractivity contribution >= 4 is 39.1 Å². The Kier molecular flexibility index (Phi) is 4.38. The zero-order chi connectivity index (χ0) is 20.7. The van der Waals surface area contributed by atoms with Crippen LogP contribution in [0.3, 0.4) is 0 Å². The molecule has 0 aliphatic heterocycles. The number of pyridine rings is 1. The van der Waals surface area contributed by atoms with Crippen LogP contribution in [0.5, 0.6) is 0 Å². The van der Waals surface area contributed by atoms with Gasteiger partial charge >= 0.3 is 0 Å². The molecule has 0 saturated carbocycles. The van der Waals surface area contributed by atoms with Crippen molar-refractivity contribution in [2.75, 3.05) is 0 Å². The fourth-order valence-corrected chi connectivity index (χ4v) is 4.43. The standard InChI is InChI=1S/C24H16N4OS/c1-28-21-10-5-4-9-19(21)27-24(28)17(14-25)23(29)16-13-20(22-11-6-12-30-22)26-18-8-3-2-7-15(16)18/h2-13,17H,1H3. The lowest BCUT2D eigenvalue weighted by molar-refractivity contribution is 0.0977. The van der Waals surface area contributed by atoms with Gasteiger partial charge in [-0.3, -0.25) is 4.79 Å². The Hall–Kier alpha value is -3.82. The summed E-state index contributed by atoms with van der Waals surface area (Å²) in [5.41, 5.74) is 3.60. The normalized spacial score (nSPS) is 12.1. The van der Waals surface area contributed by atoms with Crippen molar-refractivity contribution in [1.29, 1.82) is 5.26 Å². The van der Waals surface area contributed by atoms with Gasteiger partial charge in [0.2, 0.25) is 0 Å². The molecule has 2 aromatic carbocycles. The number of imidazole rings is 1. The second kappa shape index (κ2) is 7.21. The number of fused-ring (bicyclic) bond motifs is 2. The number of nitrogens with zero attached hydrogens (tertiary/aromatic N) is 4. The van der Waals surface area contributed by atoms with Gasteiger partial charge in [-0.25, -0.2) is 9.97 Å². The van der Waals surface area contributed by atoms with Crippen LogP contribution in [0.25, 0.3) is 32.5 Å². The smallest absolute Gasteiger partial charge is 0.188 e. The molecule has 5 rings (SSSR count). The van der Waals surface area contributed by atoms with Crippen LogP contribution in [0.15, 0.2) is 72.1 Å². The minimum absolute atomic E-state index is 0.271. The van der Waals surface area contributed by atoms with E-state index in [2.05, 4.69) is 11.1 Å². The first kappa shape index (κ1) is 18.2. The Morgan fingerprint density at radius 3 is 2.53 bits per heavy atom. The van der Waals surface area contributed by atoms with Gasteiger partial charge in [0.25, 0.3) is 0 Å². The van der Waals surface area contributed by atoms with Crippen molar-refractivity contribution in [3.63, 3.8) is 0 Å². The number of carbonyl (C=O) groups is 1. The number of aromatic nitrogens is 3. The highest BCUT2D eigenvalue weighted by atomic mass is 32.1. The van der Waals surface area contributed by atoms with Crippen LogP contribution in [0.4, 0.5) is 0 Å². The topological polar surface area (TPSA) is 71.6 Å². The number of nitriles is 1. The van der Waals surface area contributed by atoms with Crippen molar-refractivity contribution < 1.29 is 4.79 Å². The van der Waals surface area contributed by atoms with E-state index in [0.29, 0.717) is 11.4 Å². The summed E-state index contributed by atoms with van der Waals surface area (Å²) in [5.74, 6) is -0.834. The number of Topliss-reactive ketones (excluding diaryl/α,β-unsaturated/α-hetero) is 1. The lowest BCUT2D eigenvalue weighted by atomic mass is 9.94. The molecule has 0 N–H and O–H groups in total. The Labute approximate surface area is 176 Å². The highest BCUT2D eigenvalue weighted by molar-refractivity contribution is 7.13. The summed E-state index contributed by atoms with van der Waals surface area (Å²) < 4.78 is 1.82. The molecule has 5 aromatic rings. The van der Waals surface area contributed by atoms with Gasteiger partial charge < -0.3 is 4.57 Å². The van der Waals surface area contributed by atoms with Crippen molar-refractivity contribution in [3.05, 3.63) is 83.5 Å². The number of benzene rings is 2. The molecule has 5 nitrogen and oxygen atoms in total. The molecule has 144 valence electrons. The van der Waals surface area contributed by atoms with Crippen molar-refractivity contribution in [1.82, 2.24) is 14.5 Å². The Morgan fingerprint density at radius 2 is 1.80 bits per heavy atom. The zero-order valence-corrected chi connectivity index (χ0v) is 16.9. The van der Waals surface area contributed by atoms with Crippen LogP contribution in [0.2, 0.25) is 0 Å². The lowest BCUT2D eigenvalue weighted by Crippen LogP contribution is -2.16. The molecule has 0 aliphatic carbocycles. The van der Waals surface area contributed by atoms with Crippen LogP contribution in [-0.2, 0) is 7.05 Å². The van der Waals surface area contributed by atoms with Gasteiger partial charge in [-0.2, -0.15) is 5.26 Å². The van der Waals surface area contributed by atoms with E-state index in [1.54, 1.807) is 17.4 Å². The molecule has 30 heavy (non-hydrogen) atoms. The molecular formula is C24H16N4OS. The molecule has 0 spiro atoms. The quantitative estimate of drug-likeness (QED) is 0.376. The van der Waals surface area contributed by atoms with E-state index < -0.39 is 5.92 Å². The highest BCUT2D eigenvalue weighted by Gasteiger charge is 2.28. The molecule has 0 amide bonds. The van der Waals surface area contributed by atoms with Crippen LogP contribution < -0.4 is 0 Å². The molecule has 0 saturated heterocycles. The maximum absolute atomic E-state index is 13.6. The molecule has 0 fully saturated rings. The highest BCUT2D eigenvalue weighted by Crippen LogP contribution is 2.31. The fourth-order valence-electron chi connectivity index (χ4n) is 3.74. The van der Waals surface area contributed by atoms with E-state index in [4.69, 9.17) is 4.98 Å². The molecule has 6 heteroatoms. The largest absolute Gasteiger partial charge is 0.330 e. The second-order valence-electron chi connectivity index (χ2n) is 6.99. The van der Waals surface area contributed by atoms with Crippen LogP contribution >= 0.6 is 11.3 Å². The third-order valence-corrected chi connectivity index (χ3v) is 6.12. The summed E-state index contributed by atoms with van der Waals surface area (Å²) in [6, 6.07) is 23.1. The third-order valence-electron chi connectivity index (χ3n) is 5.23. The number of aryl methyl sites for hydroxylation is 1. The Bertz CT molecular complexity index is 1440. The first-order chi connectivity index (χ1) is 14.7. The van der Waals surface area contributed by atoms with Crippen LogP contribution in [0.1, 0.15) is 22.1 Å². The maximum atomic E-state index is 13.6. The summed E-state index contributed by atoms with van der Waals surface area (Å²) in [5, 5.41) is 12.7. The van der Waals surface area contributed by atoms with Gasteiger partial charge in [0.15, 0.2) is 11.7 Å². The van der Waals surface area contributed by atoms with E-state index >= 15 is 0 Å². The minimum atomic E-state index is -1.01. The average molecular weight is 408 g/mol. The maximum Gasteiger partial charge on any atom is 0.188 e. The number of thiophene rings is 1. The number of para-hydroxylation sites is 3. The summed E-state index contributed by atoms with van der Waals surface area (Å²) in [6.07, 6.45) is 0. The number of hydrogen-bond donors (Lipinski definition) is 0. The van der Waals surface area contributed by atoms with Gasteiger partial charge in [0.1, 0.15) is 5.82 Å². The summed E-state index contributed by atoms with van der Waals surface area (Å²) in [7, 11) is 1.84. The van der Waals surface area contributed by atoms with E-state index in [-0.39, 0.29) is 5.78 Å². The predicted molar refractivity (Wildman–Crippen MR) is 118 cm³/mol. The molecule has 3 heterocycles. The molecule has 1 atom stereocenters. The average Bonchev–Trinajstić information content (AvgIpc) is 3.43. The summed E-state index contributed by atoms with van der Waals surface area (Å²) in [6.45, 7) is 0. The SMILES string of the molecule is Cn1c(C(C#N)C(=O)c2cc(-c3cccs3)nc3ccccc23)nc2ccccc21. The van der Waals surface area contributed by atoms with Crippen molar-refractivity contribution in [2.24, 2.45) is 7.05 Å².